The molecule has 0 saturated carbocycles. The van der Waals surface area contributed by atoms with Gasteiger partial charge in [-0.15, -0.1) is 0 Å². The van der Waals surface area contributed by atoms with E-state index in [2.05, 4.69) is 45.0 Å². The smallest absolute Gasteiger partial charge is 0.287 e. The van der Waals surface area contributed by atoms with Crippen molar-refractivity contribution in [3.63, 3.8) is 0 Å². The van der Waals surface area contributed by atoms with Crippen LogP contribution < -0.4 is 5.32 Å². The van der Waals surface area contributed by atoms with Gasteiger partial charge in [0.1, 0.15) is 5.82 Å². The zero-order chi connectivity index (χ0) is 19.0. The molecule has 1 saturated heterocycles. The fourth-order valence-corrected chi connectivity index (χ4v) is 3.77. The lowest BCUT2D eigenvalue weighted by Crippen LogP contribution is -2.63. The summed E-state index contributed by atoms with van der Waals surface area (Å²) in [6, 6.07) is 4.06. The largest absolute Gasteiger partial charge is 0.347 e. The molecule has 0 aliphatic carbocycles. The van der Waals surface area contributed by atoms with E-state index in [9.17, 15) is 14.0 Å². The van der Waals surface area contributed by atoms with E-state index in [0.29, 0.717) is 5.56 Å². The number of carbonyl (C=O) groups excluding carboxylic acids is 2. The first-order valence-corrected chi connectivity index (χ1v) is 8.82. The van der Waals surface area contributed by atoms with Crippen LogP contribution in [0.1, 0.15) is 46.1 Å². The lowest BCUT2D eigenvalue weighted by atomic mass is 9.77. The minimum atomic E-state index is -0.614. The standard InChI is InChI=1S/C19H26ClFN2O2/c1-18(2)10-13(11-19(3,4)23(18)5)22-17(25)16(24)9-12-6-7-14(20)15(21)8-12/h6-8,13H,9-11H2,1-5H3,(H,22,25). The third-order valence-electron chi connectivity index (χ3n) is 5.25. The molecule has 0 radical (unpaired) electrons. The number of rotatable bonds is 4. The Bertz CT molecular complexity index is 670. The van der Waals surface area contributed by atoms with Gasteiger partial charge in [0.05, 0.1) is 5.02 Å². The summed E-state index contributed by atoms with van der Waals surface area (Å²) in [6.07, 6.45) is 1.39. The van der Waals surface area contributed by atoms with Gasteiger partial charge in [-0.2, -0.15) is 0 Å². The first-order chi connectivity index (χ1) is 11.4. The van der Waals surface area contributed by atoms with Crippen LogP contribution in [0.4, 0.5) is 4.39 Å². The summed E-state index contributed by atoms with van der Waals surface area (Å²) in [5.74, 6) is -1.78. The highest BCUT2D eigenvalue weighted by Gasteiger charge is 2.43. The highest BCUT2D eigenvalue weighted by molar-refractivity contribution is 6.36. The molecule has 0 aromatic heterocycles. The summed E-state index contributed by atoms with van der Waals surface area (Å²) in [6.45, 7) is 8.52. The minimum Gasteiger partial charge on any atom is -0.347 e. The number of likely N-dealkylation sites (tertiary alicyclic amines) is 1. The summed E-state index contributed by atoms with van der Waals surface area (Å²) >= 11 is 5.63. The van der Waals surface area contributed by atoms with Crippen LogP contribution in [0.15, 0.2) is 18.2 Å². The molecular formula is C19H26ClFN2O2. The van der Waals surface area contributed by atoms with Crippen molar-refractivity contribution >= 4 is 23.3 Å². The van der Waals surface area contributed by atoms with E-state index in [1.807, 2.05) is 0 Å². The molecule has 1 N–H and O–H groups in total. The number of piperidine rings is 1. The van der Waals surface area contributed by atoms with Crippen molar-refractivity contribution in [1.29, 1.82) is 0 Å². The van der Waals surface area contributed by atoms with Crippen molar-refractivity contribution < 1.29 is 14.0 Å². The van der Waals surface area contributed by atoms with Crippen LogP contribution >= 0.6 is 11.6 Å². The van der Waals surface area contributed by atoms with E-state index in [1.54, 1.807) is 6.07 Å². The Morgan fingerprint density at radius 2 is 1.80 bits per heavy atom. The summed E-state index contributed by atoms with van der Waals surface area (Å²) < 4.78 is 13.5. The fourth-order valence-electron chi connectivity index (χ4n) is 3.65. The van der Waals surface area contributed by atoms with Gasteiger partial charge in [-0.1, -0.05) is 17.7 Å². The second kappa shape index (κ2) is 7.04. The van der Waals surface area contributed by atoms with Crippen molar-refractivity contribution in [1.82, 2.24) is 10.2 Å². The average molecular weight is 369 g/mol. The Hall–Kier alpha value is -1.46. The van der Waals surface area contributed by atoms with E-state index in [0.717, 1.165) is 12.8 Å². The third kappa shape index (κ3) is 4.59. The Labute approximate surface area is 153 Å². The maximum Gasteiger partial charge on any atom is 0.287 e. The summed E-state index contributed by atoms with van der Waals surface area (Å²) in [4.78, 5) is 26.8. The van der Waals surface area contributed by atoms with Crippen molar-refractivity contribution in [2.24, 2.45) is 0 Å². The van der Waals surface area contributed by atoms with Crippen LogP contribution in [-0.4, -0.2) is 40.8 Å². The molecule has 4 nitrogen and oxygen atoms in total. The second-order valence-corrected chi connectivity index (χ2v) is 8.52. The van der Waals surface area contributed by atoms with Gasteiger partial charge in [0.25, 0.3) is 5.91 Å². The highest BCUT2D eigenvalue weighted by atomic mass is 35.5. The predicted molar refractivity (Wildman–Crippen MR) is 97.2 cm³/mol. The van der Waals surface area contributed by atoms with Crippen LogP contribution in [0.25, 0.3) is 0 Å². The maximum atomic E-state index is 13.5. The molecule has 0 spiro atoms. The third-order valence-corrected chi connectivity index (χ3v) is 5.55. The van der Waals surface area contributed by atoms with Gasteiger partial charge in [-0.05, 0) is 65.3 Å². The van der Waals surface area contributed by atoms with Crippen LogP contribution in [-0.2, 0) is 16.0 Å². The topological polar surface area (TPSA) is 49.4 Å². The molecule has 1 aromatic carbocycles. The molecule has 0 unspecified atom stereocenters. The number of halogens is 2. The molecule has 1 heterocycles. The fraction of sp³-hybridized carbons (Fsp3) is 0.579. The SMILES string of the molecule is CN1C(C)(C)CC(NC(=O)C(=O)Cc2ccc(Cl)c(F)c2)CC1(C)C. The van der Waals surface area contributed by atoms with E-state index in [-0.39, 0.29) is 28.6 Å². The van der Waals surface area contributed by atoms with Crippen LogP contribution in [0.5, 0.6) is 0 Å². The summed E-state index contributed by atoms with van der Waals surface area (Å²) in [5, 5.41) is 2.86. The van der Waals surface area contributed by atoms with Crippen LogP contribution in [0.3, 0.4) is 0 Å². The summed E-state index contributed by atoms with van der Waals surface area (Å²) in [5.41, 5.74) is 0.274. The molecule has 1 aromatic rings. The molecule has 2 rings (SSSR count). The molecule has 1 aliphatic heterocycles. The van der Waals surface area contributed by atoms with E-state index in [4.69, 9.17) is 11.6 Å². The highest BCUT2D eigenvalue weighted by Crippen LogP contribution is 2.36. The Morgan fingerprint density at radius 3 is 2.32 bits per heavy atom. The molecule has 25 heavy (non-hydrogen) atoms. The van der Waals surface area contributed by atoms with Crippen LogP contribution in [0, 0.1) is 5.82 Å². The van der Waals surface area contributed by atoms with Crippen molar-refractivity contribution in [3.8, 4) is 0 Å². The number of ketones is 1. The molecule has 0 atom stereocenters. The molecule has 1 fully saturated rings. The van der Waals surface area contributed by atoms with Gasteiger partial charge in [0.15, 0.2) is 0 Å². The minimum absolute atomic E-state index is 0.00330. The van der Waals surface area contributed by atoms with Crippen LogP contribution in [0.2, 0.25) is 5.02 Å². The lowest BCUT2D eigenvalue weighted by Gasteiger charge is -2.53. The van der Waals surface area contributed by atoms with E-state index < -0.39 is 17.5 Å². The number of Topliss-reactive ketones (excluding diaryl/α,β-unsaturated/α-hetero) is 1. The molecule has 0 bridgehead atoms. The number of carbonyl (C=O) groups is 2. The second-order valence-electron chi connectivity index (χ2n) is 8.11. The number of hydrogen-bond donors (Lipinski definition) is 1. The van der Waals surface area contributed by atoms with Crippen molar-refractivity contribution in [3.05, 3.63) is 34.6 Å². The summed E-state index contributed by atoms with van der Waals surface area (Å²) in [7, 11) is 2.08. The normalized spacial score (nSPS) is 20.3. The monoisotopic (exact) mass is 368 g/mol. The number of nitrogens with zero attached hydrogens (tertiary/aromatic N) is 1. The van der Waals surface area contributed by atoms with Gasteiger partial charge in [0, 0.05) is 23.5 Å². The first kappa shape index (κ1) is 19.9. The van der Waals surface area contributed by atoms with Gasteiger partial charge < -0.3 is 5.32 Å². The van der Waals surface area contributed by atoms with E-state index in [1.165, 1.54) is 12.1 Å². The lowest BCUT2D eigenvalue weighted by molar-refractivity contribution is -0.138. The number of nitrogens with one attached hydrogen (secondary N) is 1. The van der Waals surface area contributed by atoms with E-state index >= 15 is 0 Å². The molecular weight excluding hydrogens is 343 g/mol. The van der Waals surface area contributed by atoms with Crippen molar-refractivity contribution in [2.75, 3.05) is 7.05 Å². The Morgan fingerprint density at radius 1 is 1.24 bits per heavy atom. The zero-order valence-electron chi connectivity index (χ0n) is 15.5. The Kier molecular flexibility index (Phi) is 5.59. The van der Waals surface area contributed by atoms with Gasteiger partial charge in [0.2, 0.25) is 5.78 Å². The van der Waals surface area contributed by atoms with Crippen molar-refractivity contribution in [2.45, 2.75) is 64.1 Å². The van der Waals surface area contributed by atoms with Gasteiger partial charge in [-0.3, -0.25) is 14.5 Å². The zero-order valence-corrected chi connectivity index (χ0v) is 16.2. The predicted octanol–water partition coefficient (Wildman–Crippen LogP) is 3.36. The molecule has 6 heteroatoms. The molecule has 1 aliphatic rings. The van der Waals surface area contributed by atoms with Gasteiger partial charge >= 0.3 is 0 Å². The number of hydrogen-bond acceptors (Lipinski definition) is 3. The first-order valence-electron chi connectivity index (χ1n) is 8.44. The number of amides is 1. The average Bonchev–Trinajstić information content (AvgIpc) is 2.48. The quantitative estimate of drug-likeness (QED) is 0.829. The maximum absolute atomic E-state index is 13.5. The molecule has 1 amide bonds. The molecule has 138 valence electrons. The Balaban J connectivity index is 2.01. The van der Waals surface area contributed by atoms with Gasteiger partial charge in [-0.25, -0.2) is 4.39 Å². The number of benzene rings is 1.